The molecule has 3 nitrogen and oxygen atoms in total. The molecule has 1 aliphatic heterocycles. The van der Waals surface area contributed by atoms with E-state index in [4.69, 9.17) is 9.84 Å². The fourth-order valence-electron chi connectivity index (χ4n) is 0.580. The molecule has 0 aromatic carbocycles. The third-order valence-corrected chi connectivity index (χ3v) is 4.56. The highest BCUT2D eigenvalue weighted by molar-refractivity contribution is 7.64. The standard InChI is InChI=1S/C5H11O3P/c1-4(6)9(2,7)5-3-8-5/h4-6H,3H2,1-2H3. The fraction of sp³-hybridized carbons (Fsp3) is 1.00. The highest BCUT2D eigenvalue weighted by Crippen LogP contribution is 2.55. The molecule has 3 unspecified atom stereocenters. The van der Waals surface area contributed by atoms with Gasteiger partial charge in [-0.3, -0.25) is 0 Å². The fourth-order valence-corrected chi connectivity index (χ4v) is 1.74. The van der Waals surface area contributed by atoms with E-state index in [1.165, 1.54) is 0 Å². The Morgan fingerprint density at radius 1 is 1.89 bits per heavy atom. The van der Waals surface area contributed by atoms with Gasteiger partial charge in [0.05, 0.1) is 6.61 Å². The molecule has 9 heavy (non-hydrogen) atoms. The molecular formula is C5H11O3P. The predicted molar refractivity (Wildman–Crippen MR) is 35.0 cm³/mol. The van der Waals surface area contributed by atoms with Crippen molar-refractivity contribution in [2.45, 2.75) is 18.6 Å². The van der Waals surface area contributed by atoms with E-state index in [0.717, 1.165) is 0 Å². The molecule has 4 heteroatoms. The van der Waals surface area contributed by atoms with Crippen molar-refractivity contribution in [1.82, 2.24) is 0 Å². The van der Waals surface area contributed by atoms with Crippen LogP contribution in [0.2, 0.25) is 0 Å². The summed E-state index contributed by atoms with van der Waals surface area (Å²) in [6.45, 7) is 3.68. The summed E-state index contributed by atoms with van der Waals surface area (Å²) in [5.74, 6) is -0.873. The lowest BCUT2D eigenvalue weighted by molar-refractivity contribution is 0.264. The summed E-state index contributed by atoms with van der Waals surface area (Å²) in [4.78, 5) is 0. The minimum Gasteiger partial charge on any atom is -0.386 e. The maximum atomic E-state index is 11.3. The Morgan fingerprint density at radius 2 is 2.33 bits per heavy atom. The van der Waals surface area contributed by atoms with Crippen molar-refractivity contribution in [3.63, 3.8) is 0 Å². The van der Waals surface area contributed by atoms with Gasteiger partial charge in [0.15, 0.2) is 0 Å². The molecule has 1 rings (SSSR count). The van der Waals surface area contributed by atoms with Gasteiger partial charge in [0.2, 0.25) is 0 Å². The predicted octanol–water partition coefficient (Wildman–Crippen LogP) is 0.674. The van der Waals surface area contributed by atoms with E-state index in [1.54, 1.807) is 13.6 Å². The van der Waals surface area contributed by atoms with E-state index < -0.39 is 13.0 Å². The Bertz CT molecular complexity index is 144. The normalized spacial score (nSPS) is 35.2. The molecule has 1 saturated heterocycles. The van der Waals surface area contributed by atoms with Gasteiger partial charge in [-0.25, -0.2) is 0 Å². The number of hydrogen-bond donors (Lipinski definition) is 1. The Morgan fingerprint density at radius 3 is 2.44 bits per heavy atom. The van der Waals surface area contributed by atoms with Crippen LogP contribution < -0.4 is 0 Å². The van der Waals surface area contributed by atoms with E-state index in [1.807, 2.05) is 0 Å². The zero-order chi connectivity index (χ0) is 7.07. The minimum atomic E-state index is -2.39. The van der Waals surface area contributed by atoms with Crippen LogP contribution in [0.1, 0.15) is 6.92 Å². The molecule has 1 heterocycles. The molecular weight excluding hydrogens is 139 g/mol. The molecule has 1 N–H and O–H groups in total. The van der Waals surface area contributed by atoms with E-state index in [-0.39, 0.29) is 5.85 Å². The summed E-state index contributed by atoms with van der Waals surface area (Å²) >= 11 is 0. The molecule has 0 amide bonds. The van der Waals surface area contributed by atoms with Crippen molar-refractivity contribution < 1.29 is 14.4 Å². The van der Waals surface area contributed by atoms with E-state index in [0.29, 0.717) is 6.61 Å². The lowest BCUT2D eigenvalue weighted by Crippen LogP contribution is -2.04. The van der Waals surface area contributed by atoms with Crippen molar-refractivity contribution >= 4 is 7.14 Å². The summed E-state index contributed by atoms with van der Waals surface area (Å²) in [5, 5.41) is 8.95. The first-order valence-corrected chi connectivity index (χ1v) is 5.21. The SMILES string of the molecule is CC(O)P(C)(=O)C1CO1. The van der Waals surface area contributed by atoms with Crippen molar-refractivity contribution in [3.8, 4) is 0 Å². The van der Waals surface area contributed by atoms with Gasteiger partial charge in [-0.2, -0.15) is 0 Å². The summed E-state index contributed by atoms with van der Waals surface area (Å²) in [6.07, 6.45) is 0. The van der Waals surface area contributed by atoms with E-state index in [2.05, 4.69) is 0 Å². The van der Waals surface area contributed by atoms with Gasteiger partial charge in [0.25, 0.3) is 0 Å². The number of epoxide rings is 1. The lowest BCUT2D eigenvalue weighted by Gasteiger charge is -2.11. The van der Waals surface area contributed by atoms with Crippen LogP contribution in [-0.2, 0) is 9.30 Å². The quantitative estimate of drug-likeness (QED) is 0.465. The maximum absolute atomic E-state index is 11.3. The van der Waals surface area contributed by atoms with Gasteiger partial charge in [0, 0.05) is 0 Å². The van der Waals surface area contributed by atoms with Gasteiger partial charge in [0.1, 0.15) is 18.8 Å². The van der Waals surface area contributed by atoms with Gasteiger partial charge in [-0.05, 0) is 13.6 Å². The molecule has 0 saturated carbocycles. The minimum absolute atomic E-state index is 0.155. The largest absolute Gasteiger partial charge is 0.386 e. The molecule has 0 spiro atoms. The topological polar surface area (TPSA) is 49.8 Å². The van der Waals surface area contributed by atoms with Crippen LogP contribution in [0.5, 0.6) is 0 Å². The first kappa shape index (κ1) is 7.26. The molecule has 0 radical (unpaired) electrons. The second-order valence-electron chi connectivity index (χ2n) is 2.48. The molecule has 1 fully saturated rings. The van der Waals surface area contributed by atoms with Crippen LogP contribution >= 0.6 is 7.14 Å². The Kier molecular flexibility index (Phi) is 1.68. The van der Waals surface area contributed by atoms with Gasteiger partial charge in [-0.1, -0.05) is 0 Å². The maximum Gasteiger partial charge on any atom is 0.141 e. The highest BCUT2D eigenvalue weighted by atomic mass is 31.2. The second kappa shape index (κ2) is 2.08. The number of ether oxygens (including phenoxy) is 1. The van der Waals surface area contributed by atoms with Crippen molar-refractivity contribution in [3.05, 3.63) is 0 Å². The van der Waals surface area contributed by atoms with Crippen molar-refractivity contribution in [1.29, 1.82) is 0 Å². The van der Waals surface area contributed by atoms with Gasteiger partial charge >= 0.3 is 0 Å². The third kappa shape index (κ3) is 1.34. The van der Waals surface area contributed by atoms with Crippen LogP contribution in [0.3, 0.4) is 0 Å². The number of aliphatic hydroxyl groups excluding tert-OH is 1. The van der Waals surface area contributed by atoms with Crippen molar-refractivity contribution in [2.24, 2.45) is 0 Å². The zero-order valence-corrected chi connectivity index (χ0v) is 6.47. The zero-order valence-electron chi connectivity index (χ0n) is 5.57. The lowest BCUT2D eigenvalue weighted by atomic mass is 10.9. The molecule has 0 bridgehead atoms. The van der Waals surface area contributed by atoms with Crippen LogP contribution in [0, 0.1) is 0 Å². The van der Waals surface area contributed by atoms with Crippen LogP contribution in [0.15, 0.2) is 0 Å². The Balaban J connectivity index is 2.60. The summed E-state index contributed by atoms with van der Waals surface area (Å²) in [5.41, 5.74) is 0. The van der Waals surface area contributed by atoms with Gasteiger partial charge in [-0.15, -0.1) is 0 Å². The number of aliphatic hydroxyl groups is 1. The first-order chi connectivity index (χ1) is 4.05. The highest BCUT2D eigenvalue weighted by Gasteiger charge is 2.42. The summed E-state index contributed by atoms with van der Waals surface area (Å²) in [7, 11) is -2.39. The molecule has 0 aliphatic carbocycles. The van der Waals surface area contributed by atoms with Gasteiger partial charge < -0.3 is 14.4 Å². The molecule has 1 aliphatic rings. The number of hydrogen-bond acceptors (Lipinski definition) is 3. The summed E-state index contributed by atoms with van der Waals surface area (Å²) < 4.78 is 16.1. The smallest absolute Gasteiger partial charge is 0.141 e. The van der Waals surface area contributed by atoms with E-state index in [9.17, 15) is 4.57 Å². The summed E-state index contributed by atoms with van der Waals surface area (Å²) in [6, 6.07) is 0. The first-order valence-electron chi connectivity index (χ1n) is 2.91. The third-order valence-electron chi connectivity index (χ3n) is 1.63. The molecule has 0 aromatic heterocycles. The van der Waals surface area contributed by atoms with Crippen molar-refractivity contribution in [2.75, 3.05) is 13.3 Å². The van der Waals surface area contributed by atoms with Crippen LogP contribution in [0.4, 0.5) is 0 Å². The van der Waals surface area contributed by atoms with E-state index >= 15 is 0 Å². The monoisotopic (exact) mass is 150 g/mol. The second-order valence-corrected chi connectivity index (χ2v) is 5.92. The molecule has 54 valence electrons. The average molecular weight is 150 g/mol. The Labute approximate surface area is 54.4 Å². The molecule has 0 aromatic rings. The van der Waals surface area contributed by atoms with Crippen LogP contribution in [-0.4, -0.2) is 30.1 Å². The average Bonchev–Trinajstić information content (AvgIpc) is 2.42. The van der Waals surface area contributed by atoms with Crippen LogP contribution in [0.25, 0.3) is 0 Å². The Hall–Kier alpha value is 0.150. The number of rotatable bonds is 2. The molecule has 3 atom stereocenters.